The summed E-state index contributed by atoms with van der Waals surface area (Å²) in [6.07, 6.45) is 0.795. The number of hydrogen-bond acceptors (Lipinski definition) is 5. The number of nitrogens with two attached hydrogens (primary N) is 1. The predicted octanol–water partition coefficient (Wildman–Crippen LogP) is 0.675. The Kier molecular flexibility index (Phi) is 3.02. The van der Waals surface area contributed by atoms with Crippen LogP contribution in [-0.4, -0.2) is 17.0 Å². The molecule has 13 heavy (non-hydrogen) atoms. The Hall–Kier alpha value is -1.36. The Morgan fingerprint density at radius 2 is 1.92 bits per heavy atom. The summed E-state index contributed by atoms with van der Waals surface area (Å²) in [6, 6.07) is 0. The van der Waals surface area contributed by atoms with Crippen LogP contribution in [0.1, 0.15) is 18.3 Å². The molecule has 0 aromatic carbocycles. The average molecular weight is 181 g/mol. The number of anilines is 2. The average Bonchev–Trinajstić information content (AvgIpc) is 2.18. The minimum atomic E-state index is 0.677. The van der Waals surface area contributed by atoms with Crippen LogP contribution in [0.4, 0.5) is 11.6 Å². The Morgan fingerprint density at radius 1 is 1.31 bits per heavy atom. The lowest BCUT2D eigenvalue weighted by Gasteiger charge is -2.10. The van der Waals surface area contributed by atoms with Crippen molar-refractivity contribution < 1.29 is 0 Å². The first-order chi connectivity index (χ1) is 6.22. The summed E-state index contributed by atoms with van der Waals surface area (Å²) in [5, 5.41) is 3.00. The van der Waals surface area contributed by atoms with E-state index in [-0.39, 0.29) is 0 Å². The number of hydrogen-bond donors (Lipinski definition) is 3. The van der Waals surface area contributed by atoms with Gasteiger partial charge in [0.15, 0.2) is 0 Å². The van der Waals surface area contributed by atoms with Gasteiger partial charge in [0.2, 0.25) is 0 Å². The number of nitrogen functional groups attached to an aromatic ring is 1. The molecule has 0 fully saturated rings. The Morgan fingerprint density at radius 3 is 2.38 bits per heavy atom. The molecule has 1 heterocycles. The maximum absolute atomic E-state index is 5.33. The van der Waals surface area contributed by atoms with Crippen molar-refractivity contribution in [2.75, 3.05) is 17.8 Å². The third kappa shape index (κ3) is 1.86. The first-order valence-corrected chi connectivity index (χ1v) is 4.24. The number of nitrogens with zero attached hydrogens (tertiary/aromatic N) is 2. The van der Waals surface area contributed by atoms with E-state index < -0.39 is 0 Å². The molecule has 0 spiro atoms. The van der Waals surface area contributed by atoms with Crippen LogP contribution in [0.5, 0.6) is 0 Å². The molecule has 0 atom stereocenters. The maximum atomic E-state index is 5.33. The van der Waals surface area contributed by atoms with Gasteiger partial charge in [-0.1, -0.05) is 6.92 Å². The van der Waals surface area contributed by atoms with E-state index >= 15 is 0 Å². The van der Waals surface area contributed by atoms with Gasteiger partial charge in [-0.3, -0.25) is 0 Å². The minimum Gasteiger partial charge on any atom is -0.373 e. The Bertz CT molecular complexity index is 272. The second-order valence-corrected chi connectivity index (χ2v) is 2.71. The van der Waals surface area contributed by atoms with E-state index in [0.717, 1.165) is 23.6 Å². The first kappa shape index (κ1) is 9.73. The molecule has 5 heteroatoms. The zero-order chi connectivity index (χ0) is 9.84. The van der Waals surface area contributed by atoms with Crippen LogP contribution in [0.3, 0.4) is 0 Å². The van der Waals surface area contributed by atoms with E-state index in [4.69, 9.17) is 5.84 Å². The standard InChI is InChI=1S/C8H15N5/c1-4-6-11-7(10-3)5(2)8(12-6)13-9/h4,9H2,1-3H3,(H2,10,11,12,13). The van der Waals surface area contributed by atoms with Gasteiger partial charge in [0.25, 0.3) is 0 Å². The molecule has 0 aliphatic heterocycles. The second-order valence-electron chi connectivity index (χ2n) is 2.71. The minimum absolute atomic E-state index is 0.677. The van der Waals surface area contributed by atoms with Gasteiger partial charge in [-0.15, -0.1) is 0 Å². The highest BCUT2D eigenvalue weighted by molar-refractivity contribution is 5.56. The Balaban J connectivity index is 3.20. The molecule has 0 saturated heterocycles. The van der Waals surface area contributed by atoms with Crippen molar-refractivity contribution in [2.45, 2.75) is 20.3 Å². The lowest BCUT2D eigenvalue weighted by molar-refractivity contribution is 0.930. The van der Waals surface area contributed by atoms with Gasteiger partial charge in [-0.05, 0) is 6.92 Å². The Labute approximate surface area is 77.7 Å². The molecule has 72 valence electrons. The lowest BCUT2D eigenvalue weighted by atomic mass is 10.3. The molecule has 0 bridgehead atoms. The SMILES string of the molecule is CCc1nc(NC)c(C)c(NN)n1. The van der Waals surface area contributed by atoms with E-state index in [1.807, 2.05) is 20.9 Å². The van der Waals surface area contributed by atoms with Crippen molar-refractivity contribution in [3.8, 4) is 0 Å². The van der Waals surface area contributed by atoms with E-state index in [0.29, 0.717) is 5.82 Å². The number of aromatic nitrogens is 2. The van der Waals surface area contributed by atoms with E-state index in [2.05, 4.69) is 20.7 Å². The third-order valence-electron chi connectivity index (χ3n) is 1.88. The molecular weight excluding hydrogens is 166 g/mol. The summed E-state index contributed by atoms with van der Waals surface area (Å²) in [6.45, 7) is 3.92. The second kappa shape index (κ2) is 4.04. The van der Waals surface area contributed by atoms with Crippen LogP contribution in [0.2, 0.25) is 0 Å². The van der Waals surface area contributed by atoms with Crippen LogP contribution in [0, 0.1) is 6.92 Å². The summed E-state index contributed by atoms with van der Waals surface area (Å²) >= 11 is 0. The largest absolute Gasteiger partial charge is 0.373 e. The normalized spacial score (nSPS) is 9.85. The fourth-order valence-electron chi connectivity index (χ4n) is 1.11. The highest BCUT2D eigenvalue weighted by atomic mass is 15.3. The van der Waals surface area contributed by atoms with E-state index in [1.54, 1.807) is 0 Å². The fourth-order valence-corrected chi connectivity index (χ4v) is 1.11. The fraction of sp³-hybridized carbons (Fsp3) is 0.500. The monoisotopic (exact) mass is 181 g/mol. The van der Waals surface area contributed by atoms with Crippen molar-refractivity contribution in [3.05, 3.63) is 11.4 Å². The molecule has 0 unspecified atom stereocenters. The van der Waals surface area contributed by atoms with Gasteiger partial charge >= 0.3 is 0 Å². The van der Waals surface area contributed by atoms with Crippen LogP contribution >= 0.6 is 0 Å². The number of nitrogens with one attached hydrogen (secondary N) is 2. The van der Waals surface area contributed by atoms with Crippen molar-refractivity contribution in [2.24, 2.45) is 5.84 Å². The number of rotatable bonds is 3. The topological polar surface area (TPSA) is 75.9 Å². The molecule has 0 aliphatic carbocycles. The molecule has 1 rings (SSSR count). The molecular formula is C8H15N5. The van der Waals surface area contributed by atoms with Crippen LogP contribution < -0.4 is 16.6 Å². The molecule has 0 amide bonds. The van der Waals surface area contributed by atoms with Crippen LogP contribution in [0.25, 0.3) is 0 Å². The van der Waals surface area contributed by atoms with Gasteiger partial charge in [0.05, 0.1) is 0 Å². The summed E-state index contributed by atoms with van der Waals surface area (Å²) in [5.41, 5.74) is 3.49. The number of aryl methyl sites for hydroxylation is 1. The smallest absolute Gasteiger partial charge is 0.148 e. The third-order valence-corrected chi connectivity index (χ3v) is 1.88. The van der Waals surface area contributed by atoms with Gasteiger partial charge < -0.3 is 10.7 Å². The van der Waals surface area contributed by atoms with Gasteiger partial charge in [0.1, 0.15) is 17.5 Å². The molecule has 5 nitrogen and oxygen atoms in total. The molecule has 0 radical (unpaired) electrons. The quantitative estimate of drug-likeness (QED) is 0.472. The number of hydrazine groups is 1. The lowest BCUT2D eigenvalue weighted by Crippen LogP contribution is -2.13. The summed E-state index contributed by atoms with van der Waals surface area (Å²) in [4.78, 5) is 8.53. The zero-order valence-corrected chi connectivity index (χ0v) is 8.18. The molecule has 1 aromatic heterocycles. The molecule has 4 N–H and O–H groups in total. The van der Waals surface area contributed by atoms with Crippen molar-refractivity contribution in [1.82, 2.24) is 9.97 Å². The molecule has 1 aromatic rings. The van der Waals surface area contributed by atoms with Crippen LogP contribution in [0.15, 0.2) is 0 Å². The van der Waals surface area contributed by atoms with E-state index in [9.17, 15) is 0 Å². The predicted molar refractivity (Wildman–Crippen MR) is 53.5 cm³/mol. The molecule has 0 aliphatic rings. The zero-order valence-electron chi connectivity index (χ0n) is 8.18. The molecule has 0 saturated carbocycles. The first-order valence-electron chi connectivity index (χ1n) is 4.24. The highest BCUT2D eigenvalue weighted by Crippen LogP contribution is 2.18. The van der Waals surface area contributed by atoms with Crippen molar-refractivity contribution in [3.63, 3.8) is 0 Å². The summed E-state index contributed by atoms with van der Waals surface area (Å²) < 4.78 is 0. The van der Waals surface area contributed by atoms with Crippen molar-refractivity contribution in [1.29, 1.82) is 0 Å². The van der Waals surface area contributed by atoms with Gasteiger partial charge in [-0.2, -0.15) is 0 Å². The highest BCUT2D eigenvalue weighted by Gasteiger charge is 2.07. The summed E-state index contributed by atoms with van der Waals surface area (Å²) in [7, 11) is 1.83. The van der Waals surface area contributed by atoms with Gasteiger partial charge in [-0.25, -0.2) is 15.8 Å². The maximum Gasteiger partial charge on any atom is 0.148 e. The summed E-state index contributed by atoms with van der Waals surface area (Å²) in [5.74, 6) is 7.61. The van der Waals surface area contributed by atoms with Crippen LogP contribution in [-0.2, 0) is 6.42 Å². The van der Waals surface area contributed by atoms with E-state index in [1.165, 1.54) is 0 Å². The van der Waals surface area contributed by atoms with Crippen molar-refractivity contribution >= 4 is 11.6 Å². The van der Waals surface area contributed by atoms with Gasteiger partial charge in [0, 0.05) is 19.0 Å².